The highest BCUT2D eigenvalue weighted by Gasteiger charge is 2.37. The molecule has 0 aliphatic heterocycles. The molecule has 1 saturated carbocycles. The summed E-state index contributed by atoms with van der Waals surface area (Å²) in [6.07, 6.45) is 5.23. The van der Waals surface area contributed by atoms with Gasteiger partial charge in [0, 0.05) is 11.6 Å². The maximum atomic E-state index is 6.15. The number of imidazole rings is 1. The first-order chi connectivity index (χ1) is 8.07. The Morgan fingerprint density at radius 3 is 2.82 bits per heavy atom. The zero-order valence-corrected chi connectivity index (χ0v) is 10.5. The van der Waals surface area contributed by atoms with Gasteiger partial charge in [-0.05, 0) is 50.8 Å². The van der Waals surface area contributed by atoms with E-state index in [1.165, 1.54) is 11.1 Å². The molecule has 2 N–H and O–H groups in total. The van der Waals surface area contributed by atoms with Gasteiger partial charge in [0.15, 0.2) is 0 Å². The highest BCUT2D eigenvalue weighted by atomic mass is 15.1. The molecule has 17 heavy (non-hydrogen) atoms. The van der Waals surface area contributed by atoms with Gasteiger partial charge in [-0.15, -0.1) is 0 Å². The molecular formula is C14H19N3. The Morgan fingerprint density at radius 1 is 1.41 bits per heavy atom. The van der Waals surface area contributed by atoms with E-state index in [4.69, 9.17) is 5.73 Å². The summed E-state index contributed by atoms with van der Waals surface area (Å²) in [6, 6.07) is 7.00. The van der Waals surface area contributed by atoms with Crippen LogP contribution in [0.2, 0.25) is 0 Å². The van der Waals surface area contributed by atoms with Gasteiger partial charge < -0.3 is 10.3 Å². The van der Waals surface area contributed by atoms with Crippen molar-refractivity contribution in [2.45, 2.75) is 44.7 Å². The van der Waals surface area contributed by atoms with Gasteiger partial charge in [0.05, 0.1) is 17.4 Å². The van der Waals surface area contributed by atoms with Crippen LogP contribution in [0.25, 0.3) is 11.0 Å². The fourth-order valence-electron chi connectivity index (χ4n) is 2.34. The van der Waals surface area contributed by atoms with E-state index in [0.29, 0.717) is 6.04 Å². The summed E-state index contributed by atoms with van der Waals surface area (Å²) in [7, 11) is 0. The molecule has 0 radical (unpaired) electrons. The summed E-state index contributed by atoms with van der Waals surface area (Å²) in [5, 5.41) is 0. The second kappa shape index (κ2) is 3.57. The van der Waals surface area contributed by atoms with Gasteiger partial charge in [0.1, 0.15) is 0 Å². The molecule has 0 atom stereocenters. The molecular weight excluding hydrogens is 210 g/mol. The topological polar surface area (TPSA) is 43.8 Å². The number of rotatable bonds is 3. The van der Waals surface area contributed by atoms with E-state index in [1.807, 2.05) is 6.33 Å². The molecule has 0 amide bonds. The first-order valence-electron chi connectivity index (χ1n) is 6.32. The molecule has 1 heterocycles. The van der Waals surface area contributed by atoms with Crippen LogP contribution in [-0.4, -0.2) is 15.1 Å². The van der Waals surface area contributed by atoms with Crippen molar-refractivity contribution in [3.63, 3.8) is 0 Å². The highest BCUT2D eigenvalue weighted by molar-refractivity contribution is 5.76. The fourth-order valence-corrected chi connectivity index (χ4v) is 2.34. The quantitative estimate of drug-likeness (QED) is 0.879. The minimum Gasteiger partial charge on any atom is -0.328 e. The Kier molecular flexibility index (Phi) is 2.26. The Balaban J connectivity index is 1.97. The average molecular weight is 229 g/mol. The minimum absolute atomic E-state index is 0.0777. The predicted molar refractivity (Wildman–Crippen MR) is 70.0 cm³/mol. The van der Waals surface area contributed by atoms with E-state index in [2.05, 4.69) is 41.6 Å². The second-order valence-electron chi connectivity index (χ2n) is 5.61. The number of nitrogens with two attached hydrogens (primary N) is 1. The predicted octanol–water partition coefficient (Wildman–Crippen LogP) is 2.65. The molecule has 0 spiro atoms. The van der Waals surface area contributed by atoms with Gasteiger partial charge in [0.25, 0.3) is 0 Å². The molecule has 3 nitrogen and oxygen atoms in total. The Labute approximate surface area is 102 Å². The average Bonchev–Trinajstić information content (AvgIpc) is 2.85. The van der Waals surface area contributed by atoms with E-state index in [-0.39, 0.29) is 5.54 Å². The summed E-state index contributed by atoms with van der Waals surface area (Å²) < 4.78 is 2.20. The van der Waals surface area contributed by atoms with Crippen LogP contribution >= 0.6 is 0 Å². The van der Waals surface area contributed by atoms with Gasteiger partial charge in [-0.2, -0.15) is 0 Å². The molecule has 1 fully saturated rings. The van der Waals surface area contributed by atoms with Crippen LogP contribution in [0.1, 0.15) is 38.3 Å². The Hall–Kier alpha value is -1.35. The summed E-state index contributed by atoms with van der Waals surface area (Å²) >= 11 is 0. The molecule has 1 aliphatic carbocycles. The monoisotopic (exact) mass is 229 g/mol. The van der Waals surface area contributed by atoms with Gasteiger partial charge >= 0.3 is 0 Å². The summed E-state index contributed by atoms with van der Waals surface area (Å²) in [5.41, 5.74) is 9.84. The van der Waals surface area contributed by atoms with E-state index in [9.17, 15) is 0 Å². The van der Waals surface area contributed by atoms with E-state index in [1.54, 1.807) is 0 Å². The Morgan fingerprint density at radius 2 is 2.18 bits per heavy atom. The summed E-state index contributed by atoms with van der Waals surface area (Å²) in [4.78, 5) is 4.47. The highest BCUT2D eigenvalue weighted by Crippen LogP contribution is 2.36. The van der Waals surface area contributed by atoms with Gasteiger partial charge in [0.2, 0.25) is 0 Å². The van der Waals surface area contributed by atoms with Crippen molar-refractivity contribution >= 4 is 11.0 Å². The molecule has 1 aliphatic rings. The van der Waals surface area contributed by atoms with E-state index < -0.39 is 0 Å². The van der Waals surface area contributed by atoms with Crippen molar-refractivity contribution in [1.82, 2.24) is 9.55 Å². The zero-order chi connectivity index (χ0) is 12.0. The molecule has 1 aromatic carbocycles. The molecule has 0 unspecified atom stereocenters. The molecule has 3 rings (SSSR count). The smallest absolute Gasteiger partial charge is 0.0960 e. The lowest BCUT2D eigenvalue weighted by Gasteiger charge is -2.10. The third-order valence-electron chi connectivity index (χ3n) is 3.64. The standard InChI is InChI=1S/C14H19N3/c1-10(2)17-9-16-12-7-11(3-4-13(12)17)8-14(15)5-6-14/h3-4,7,9-10H,5-6,8,15H2,1-2H3. The van der Waals surface area contributed by atoms with Gasteiger partial charge in [-0.25, -0.2) is 4.98 Å². The lowest BCUT2D eigenvalue weighted by atomic mass is 10.0. The van der Waals surface area contributed by atoms with Crippen LogP contribution in [0, 0.1) is 0 Å². The largest absolute Gasteiger partial charge is 0.328 e. The number of nitrogens with zero attached hydrogens (tertiary/aromatic N) is 2. The van der Waals surface area contributed by atoms with Crippen LogP contribution in [-0.2, 0) is 6.42 Å². The van der Waals surface area contributed by atoms with Crippen molar-refractivity contribution in [3.8, 4) is 0 Å². The molecule has 90 valence electrons. The number of aromatic nitrogens is 2. The van der Waals surface area contributed by atoms with Crippen LogP contribution in [0.3, 0.4) is 0 Å². The number of hydrogen-bond donors (Lipinski definition) is 1. The second-order valence-corrected chi connectivity index (χ2v) is 5.61. The summed E-state index contributed by atoms with van der Waals surface area (Å²) in [6.45, 7) is 4.35. The maximum Gasteiger partial charge on any atom is 0.0960 e. The van der Waals surface area contributed by atoms with E-state index in [0.717, 1.165) is 24.8 Å². The maximum absolute atomic E-state index is 6.15. The normalized spacial score (nSPS) is 17.9. The van der Waals surface area contributed by atoms with Crippen LogP contribution in [0.15, 0.2) is 24.5 Å². The summed E-state index contributed by atoms with van der Waals surface area (Å²) in [5.74, 6) is 0. The molecule has 3 heteroatoms. The lowest BCUT2D eigenvalue weighted by Crippen LogP contribution is -2.24. The number of benzene rings is 1. The molecule has 0 saturated heterocycles. The van der Waals surface area contributed by atoms with Crippen molar-refractivity contribution in [3.05, 3.63) is 30.1 Å². The van der Waals surface area contributed by atoms with E-state index >= 15 is 0 Å². The first-order valence-corrected chi connectivity index (χ1v) is 6.32. The Bertz CT molecular complexity index is 550. The zero-order valence-electron chi connectivity index (χ0n) is 10.5. The van der Waals surface area contributed by atoms with Crippen molar-refractivity contribution in [1.29, 1.82) is 0 Å². The SMILES string of the molecule is CC(C)n1cnc2cc(CC3(N)CC3)ccc21. The van der Waals surface area contributed by atoms with Crippen molar-refractivity contribution in [2.75, 3.05) is 0 Å². The lowest BCUT2D eigenvalue weighted by molar-refractivity contribution is 0.617. The van der Waals surface area contributed by atoms with Crippen molar-refractivity contribution < 1.29 is 0 Å². The van der Waals surface area contributed by atoms with Crippen LogP contribution in [0.4, 0.5) is 0 Å². The molecule has 0 bridgehead atoms. The molecule has 1 aromatic heterocycles. The number of fused-ring (bicyclic) bond motifs is 1. The third-order valence-corrected chi connectivity index (χ3v) is 3.64. The van der Waals surface area contributed by atoms with Gasteiger partial charge in [-0.1, -0.05) is 6.07 Å². The first kappa shape index (κ1) is 10.8. The van der Waals surface area contributed by atoms with Crippen LogP contribution in [0.5, 0.6) is 0 Å². The fraction of sp³-hybridized carbons (Fsp3) is 0.500. The third kappa shape index (κ3) is 1.95. The van der Waals surface area contributed by atoms with Crippen LogP contribution < -0.4 is 5.73 Å². The minimum atomic E-state index is 0.0777. The molecule has 2 aromatic rings. The van der Waals surface area contributed by atoms with Crippen molar-refractivity contribution in [2.24, 2.45) is 5.73 Å². The van der Waals surface area contributed by atoms with Gasteiger partial charge in [-0.3, -0.25) is 0 Å². The number of hydrogen-bond acceptors (Lipinski definition) is 2.